The number of nitrogen functional groups attached to an aromatic ring is 1. The second-order valence-electron chi connectivity index (χ2n) is 6.66. The molecule has 0 atom stereocenters. The van der Waals surface area contributed by atoms with Crippen LogP contribution in [0.4, 0.5) is 14.5 Å². The van der Waals surface area contributed by atoms with Gasteiger partial charge in [-0.1, -0.05) is 43.3 Å². The molecule has 21 heavy (non-hydrogen) atoms. The monoisotopic (exact) mass is 285 g/mol. The molecule has 0 aliphatic heterocycles. The van der Waals surface area contributed by atoms with E-state index in [9.17, 15) is 8.78 Å². The van der Waals surface area contributed by atoms with Crippen molar-refractivity contribution in [3.8, 4) is 11.1 Å². The van der Waals surface area contributed by atoms with Crippen molar-refractivity contribution in [1.29, 1.82) is 0 Å². The van der Waals surface area contributed by atoms with Crippen molar-refractivity contribution < 1.29 is 8.78 Å². The number of halogens is 2. The maximum atomic E-state index is 13.3. The summed E-state index contributed by atoms with van der Waals surface area (Å²) in [5.74, 6) is -2.54. The molecule has 2 aliphatic rings. The summed E-state index contributed by atoms with van der Waals surface area (Å²) in [7, 11) is 0. The quantitative estimate of drug-likeness (QED) is 0.653. The molecule has 4 rings (SSSR count). The molecule has 2 aliphatic carbocycles. The minimum atomic E-state index is -2.54. The van der Waals surface area contributed by atoms with Crippen molar-refractivity contribution in [3.05, 3.63) is 53.1 Å². The van der Waals surface area contributed by atoms with E-state index < -0.39 is 11.3 Å². The molecular formula is C18H17F2N. The molecule has 0 bridgehead atoms. The van der Waals surface area contributed by atoms with Crippen LogP contribution in [0.25, 0.3) is 11.1 Å². The number of anilines is 1. The topological polar surface area (TPSA) is 26.0 Å². The average molecular weight is 285 g/mol. The third-order valence-corrected chi connectivity index (χ3v) is 4.98. The lowest BCUT2D eigenvalue weighted by Crippen LogP contribution is -2.47. The summed E-state index contributed by atoms with van der Waals surface area (Å²) in [4.78, 5) is 0. The van der Waals surface area contributed by atoms with Crippen LogP contribution in [0.2, 0.25) is 0 Å². The number of fused-ring (bicyclic) bond motifs is 3. The molecule has 2 aromatic carbocycles. The molecule has 1 fully saturated rings. The zero-order valence-corrected chi connectivity index (χ0v) is 11.9. The molecule has 0 amide bonds. The molecule has 2 N–H and O–H groups in total. The van der Waals surface area contributed by atoms with Gasteiger partial charge in [-0.05, 0) is 27.8 Å². The Labute approximate surface area is 122 Å². The molecule has 0 spiro atoms. The van der Waals surface area contributed by atoms with Gasteiger partial charge in [0.15, 0.2) is 0 Å². The maximum Gasteiger partial charge on any atom is 0.249 e. The summed E-state index contributed by atoms with van der Waals surface area (Å²) >= 11 is 0. The largest absolute Gasteiger partial charge is 0.398 e. The van der Waals surface area contributed by atoms with Gasteiger partial charge in [-0.3, -0.25) is 0 Å². The van der Waals surface area contributed by atoms with Crippen molar-refractivity contribution in [2.24, 2.45) is 0 Å². The van der Waals surface area contributed by atoms with E-state index in [2.05, 4.69) is 18.2 Å². The molecular weight excluding hydrogens is 268 g/mol. The van der Waals surface area contributed by atoms with Crippen molar-refractivity contribution in [3.63, 3.8) is 0 Å². The first-order chi connectivity index (χ1) is 9.90. The van der Waals surface area contributed by atoms with Crippen molar-refractivity contribution in [1.82, 2.24) is 0 Å². The van der Waals surface area contributed by atoms with Crippen LogP contribution in [0.3, 0.4) is 0 Å². The predicted octanol–water partition coefficient (Wildman–Crippen LogP) is 4.53. The average Bonchev–Trinajstić information content (AvgIpc) is 2.76. The van der Waals surface area contributed by atoms with Gasteiger partial charge in [-0.25, -0.2) is 8.78 Å². The zero-order valence-electron chi connectivity index (χ0n) is 11.9. The Morgan fingerprint density at radius 3 is 2.43 bits per heavy atom. The molecule has 0 aromatic heterocycles. The molecule has 2 aromatic rings. The highest BCUT2D eigenvalue weighted by Crippen LogP contribution is 2.55. The number of hydrogen-bond acceptors (Lipinski definition) is 1. The predicted molar refractivity (Wildman–Crippen MR) is 80.6 cm³/mol. The van der Waals surface area contributed by atoms with E-state index in [1.165, 1.54) is 11.1 Å². The lowest BCUT2D eigenvalue weighted by Gasteiger charge is -2.46. The van der Waals surface area contributed by atoms with E-state index in [4.69, 9.17) is 5.73 Å². The second-order valence-corrected chi connectivity index (χ2v) is 6.66. The lowest BCUT2D eigenvalue weighted by atomic mass is 9.62. The fraction of sp³-hybridized carbons (Fsp3) is 0.333. The minimum absolute atomic E-state index is 0.101. The van der Waals surface area contributed by atoms with Crippen molar-refractivity contribution in [2.45, 2.75) is 37.5 Å². The highest BCUT2D eigenvalue weighted by Gasteiger charge is 2.55. The number of benzene rings is 2. The van der Waals surface area contributed by atoms with Crippen LogP contribution >= 0.6 is 0 Å². The van der Waals surface area contributed by atoms with Crippen LogP contribution in [-0.2, 0) is 11.8 Å². The van der Waals surface area contributed by atoms with Gasteiger partial charge in [0.05, 0.1) is 0 Å². The molecule has 0 radical (unpaired) electrons. The van der Waals surface area contributed by atoms with Gasteiger partial charge < -0.3 is 5.73 Å². The summed E-state index contributed by atoms with van der Waals surface area (Å²) < 4.78 is 26.6. The van der Waals surface area contributed by atoms with E-state index in [0.29, 0.717) is 5.69 Å². The molecule has 0 heterocycles. The summed E-state index contributed by atoms with van der Waals surface area (Å²) in [6.45, 7) is 1.89. The van der Waals surface area contributed by atoms with E-state index in [0.717, 1.165) is 23.1 Å². The molecule has 0 saturated heterocycles. The first-order valence-electron chi connectivity index (χ1n) is 7.28. The molecule has 3 heteroatoms. The zero-order chi connectivity index (χ0) is 14.8. The first-order valence-corrected chi connectivity index (χ1v) is 7.28. The van der Waals surface area contributed by atoms with Gasteiger partial charge in [0, 0.05) is 30.4 Å². The lowest BCUT2D eigenvalue weighted by molar-refractivity contribution is -0.120. The Bertz CT molecular complexity index is 741. The molecule has 1 saturated carbocycles. The van der Waals surface area contributed by atoms with Crippen LogP contribution in [0, 0.1) is 0 Å². The number of alkyl halides is 2. The van der Waals surface area contributed by atoms with Gasteiger partial charge in [-0.2, -0.15) is 0 Å². The summed E-state index contributed by atoms with van der Waals surface area (Å²) in [6.07, 6.45) is 0.601. The smallest absolute Gasteiger partial charge is 0.249 e. The number of nitrogens with two attached hydrogens (primary N) is 1. The highest BCUT2D eigenvalue weighted by atomic mass is 19.3. The molecule has 0 unspecified atom stereocenters. The Hall–Kier alpha value is -1.90. The van der Waals surface area contributed by atoms with Gasteiger partial charge in [0.1, 0.15) is 0 Å². The Balaban J connectivity index is 1.80. The van der Waals surface area contributed by atoms with Gasteiger partial charge in [-0.15, -0.1) is 0 Å². The van der Waals surface area contributed by atoms with Crippen LogP contribution in [-0.4, -0.2) is 5.92 Å². The minimum Gasteiger partial charge on any atom is -0.398 e. The van der Waals surface area contributed by atoms with E-state index in [1.54, 1.807) is 0 Å². The third kappa shape index (κ3) is 1.73. The normalized spacial score (nSPS) is 20.5. The Morgan fingerprint density at radius 2 is 1.71 bits per heavy atom. The fourth-order valence-electron chi connectivity index (χ4n) is 4.04. The summed E-state index contributed by atoms with van der Waals surface area (Å²) in [5.41, 5.74) is 12.2. The van der Waals surface area contributed by atoms with E-state index in [-0.39, 0.29) is 12.8 Å². The first kappa shape index (κ1) is 12.8. The van der Waals surface area contributed by atoms with Gasteiger partial charge in [0.25, 0.3) is 0 Å². The number of rotatable bonds is 1. The standard InChI is InChI=1S/C18H17F2N/c1-17(9-18(19,20)10-17)15-7-6-13-12-5-3-2-4-11(12)8-14(13)16(15)21/h2-7H,8-10,21H2,1H3. The summed E-state index contributed by atoms with van der Waals surface area (Å²) in [6, 6.07) is 12.2. The molecule has 108 valence electrons. The van der Waals surface area contributed by atoms with Crippen LogP contribution in [0.5, 0.6) is 0 Å². The van der Waals surface area contributed by atoms with Crippen molar-refractivity contribution in [2.75, 3.05) is 5.73 Å². The van der Waals surface area contributed by atoms with Crippen LogP contribution in [0.15, 0.2) is 36.4 Å². The summed E-state index contributed by atoms with van der Waals surface area (Å²) in [5, 5.41) is 0. The van der Waals surface area contributed by atoms with E-state index in [1.807, 2.05) is 25.1 Å². The van der Waals surface area contributed by atoms with Crippen LogP contribution in [0.1, 0.15) is 36.5 Å². The van der Waals surface area contributed by atoms with Gasteiger partial charge >= 0.3 is 0 Å². The second kappa shape index (κ2) is 3.85. The fourth-order valence-corrected chi connectivity index (χ4v) is 4.04. The van der Waals surface area contributed by atoms with E-state index >= 15 is 0 Å². The SMILES string of the molecule is CC1(c2ccc3c(c2N)Cc2ccccc2-3)CC(F)(F)C1. The third-order valence-electron chi connectivity index (χ3n) is 4.98. The maximum absolute atomic E-state index is 13.3. The Kier molecular flexibility index (Phi) is 2.35. The van der Waals surface area contributed by atoms with Crippen molar-refractivity contribution >= 4 is 5.69 Å². The van der Waals surface area contributed by atoms with Crippen LogP contribution < -0.4 is 5.73 Å². The van der Waals surface area contributed by atoms with Gasteiger partial charge in [0.2, 0.25) is 5.92 Å². The highest BCUT2D eigenvalue weighted by molar-refractivity contribution is 5.83. The number of hydrogen-bond donors (Lipinski definition) is 1. The molecule has 1 nitrogen and oxygen atoms in total. The Morgan fingerprint density at radius 1 is 1.00 bits per heavy atom.